The molecule has 0 fully saturated rings. The molecule has 0 bridgehead atoms. The van der Waals surface area contributed by atoms with Gasteiger partial charge in [0.15, 0.2) is 0 Å². The molecule has 0 unspecified atom stereocenters. The summed E-state index contributed by atoms with van der Waals surface area (Å²) in [5.74, 6) is 0. The maximum Gasteiger partial charge on any atom is 0.101 e. The van der Waals surface area contributed by atoms with Gasteiger partial charge in [-0.25, -0.2) is 0 Å². The Hall–Kier alpha value is -1.50. The summed E-state index contributed by atoms with van der Waals surface area (Å²) in [5.41, 5.74) is 0.857. The molecule has 2 rings (SSSR count). The van der Waals surface area contributed by atoms with Crippen molar-refractivity contribution >= 4 is 34.4 Å². The van der Waals surface area contributed by atoms with E-state index in [1.54, 1.807) is 23.9 Å². The zero-order chi connectivity index (χ0) is 13.0. The van der Waals surface area contributed by atoms with Gasteiger partial charge in [-0.1, -0.05) is 30.0 Å². The summed E-state index contributed by atoms with van der Waals surface area (Å²) in [4.78, 5) is 2.11. The highest BCUT2D eigenvalue weighted by atomic mass is 127. The normalized spacial score (nSPS) is 9.50. The van der Waals surface area contributed by atoms with Crippen LogP contribution in [0.25, 0.3) is 0 Å². The topological polar surface area (TPSA) is 47.6 Å². The summed E-state index contributed by atoms with van der Waals surface area (Å²) in [7, 11) is 0. The number of hydrogen-bond donors (Lipinski definition) is 0. The molecule has 0 atom stereocenters. The highest BCUT2D eigenvalue weighted by Crippen LogP contribution is 2.32. The summed E-state index contributed by atoms with van der Waals surface area (Å²) in [6.07, 6.45) is 0. The van der Waals surface area contributed by atoms with E-state index >= 15 is 0 Å². The van der Waals surface area contributed by atoms with E-state index in [1.807, 2.05) is 36.4 Å². The van der Waals surface area contributed by atoms with E-state index < -0.39 is 0 Å². The fraction of sp³-hybridized carbons (Fsp3) is 0. The number of rotatable bonds is 2. The second-order valence-electron chi connectivity index (χ2n) is 3.47. The predicted molar refractivity (Wildman–Crippen MR) is 79.2 cm³/mol. The first-order valence-electron chi connectivity index (χ1n) is 5.11. The van der Waals surface area contributed by atoms with E-state index in [0.29, 0.717) is 11.1 Å². The van der Waals surface area contributed by atoms with Crippen molar-refractivity contribution in [3.05, 3.63) is 57.2 Å². The van der Waals surface area contributed by atoms with Crippen molar-refractivity contribution in [2.75, 3.05) is 0 Å². The lowest BCUT2D eigenvalue weighted by Gasteiger charge is -2.06. The van der Waals surface area contributed by atoms with Crippen LogP contribution in [0, 0.1) is 26.2 Å². The Morgan fingerprint density at radius 1 is 0.944 bits per heavy atom. The van der Waals surface area contributed by atoms with Gasteiger partial charge in [-0.2, -0.15) is 10.5 Å². The second kappa shape index (κ2) is 5.90. The molecule has 0 radical (unpaired) electrons. The molecule has 0 aromatic heterocycles. The number of nitriles is 2. The number of benzene rings is 2. The highest BCUT2D eigenvalue weighted by molar-refractivity contribution is 14.1. The van der Waals surface area contributed by atoms with E-state index in [2.05, 4.69) is 28.7 Å². The maximum absolute atomic E-state index is 9.02. The maximum atomic E-state index is 9.02. The van der Waals surface area contributed by atoms with Crippen LogP contribution in [0.15, 0.2) is 52.3 Å². The smallest absolute Gasteiger partial charge is 0.101 e. The summed E-state index contributed by atoms with van der Waals surface area (Å²) < 4.78 is 0.983. The van der Waals surface area contributed by atoms with Crippen LogP contribution in [0.2, 0.25) is 0 Å². The van der Waals surface area contributed by atoms with Gasteiger partial charge in [0.1, 0.15) is 12.1 Å². The first-order chi connectivity index (χ1) is 8.74. The molecule has 0 saturated carbocycles. The van der Waals surface area contributed by atoms with Crippen LogP contribution in [0.1, 0.15) is 11.1 Å². The predicted octanol–water partition coefficient (Wildman–Crippen LogP) is 4.19. The molecule has 2 aromatic carbocycles. The zero-order valence-corrected chi connectivity index (χ0v) is 12.2. The van der Waals surface area contributed by atoms with Crippen molar-refractivity contribution in [3.8, 4) is 12.1 Å². The Morgan fingerprint density at radius 2 is 1.56 bits per heavy atom. The minimum atomic E-state index is 0.427. The Balaban J connectivity index is 2.41. The van der Waals surface area contributed by atoms with Gasteiger partial charge in [0.25, 0.3) is 0 Å². The highest BCUT2D eigenvalue weighted by Gasteiger charge is 2.09. The largest absolute Gasteiger partial charge is 0.192 e. The van der Waals surface area contributed by atoms with Crippen molar-refractivity contribution in [2.45, 2.75) is 9.79 Å². The van der Waals surface area contributed by atoms with E-state index in [-0.39, 0.29) is 0 Å². The fourth-order valence-electron chi connectivity index (χ4n) is 1.43. The summed E-state index contributed by atoms with van der Waals surface area (Å²) in [5, 5.41) is 18.0. The molecular weight excluding hydrogens is 355 g/mol. The van der Waals surface area contributed by atoms with E-state index in [4.69, 9.17) is 10.5 Å². The van der Waals surface area contributed by atoms with Gasteiger partial charge in [0, 0.05) is 13.4 Å². The molecule has 2 aromatic rings. The monoisotopic (exact) mass is 362 g/mol. The molecule has 0 amide bonds. The number of halogens is 1. The molecule has 0 aliphatic carbocycles. The first kappa shape index (κ1) is 12.9. The van der Waals surface area contributed by atoms with Crippen LogP contribution in [-0.4, -0.2) is 0 Å². The van der Waals surface area contributed by atoms with Crippen LogP contribution < -0.4 is 0 Å². The molecule has 0 N–H and O–H groups in total. The van der Waals surface area contributed by atoms with Crippen molar-refractivity contribution in [1.29, 1.82) is 10.5 Å². The molecule has 4 heteroatoms. The average molecular weight is 362 g/mol. The van der Waals surface area contributed by atoms with Crippen LogP contribution >= 0.6 is 34.4 Å². The minimum Gasteiger partial charge on any atom is -0.192 e. The third-order valence-electron chi connectivity index (χ3n) is 2.28. The second-order valence-corrected chi connectivity index (χ2v) is 5.74. The molecular formula is C14H7IN2S. The number of hydrogen-bond acceptors (Lipinski definition) is 3. The molecule has 0 spiro atoms. The Kier molecular flexibility index (Phi) is 4.24. The van der Waals surface area contributed by atoms with E-state index in [0.717, 1.165) is 13.4 Å². The summed E-state index contributed by atoms with van der Waals surface area (Å²) >= 11 is 3.78. The lowest BCUT2D eigenvalue weighted by Crippen LogP contribution is -1.88. The third-order valence-corrected chi connectivity index (χ3v) is 4.61. The Bertz CT molecular complexity index is 654. The average Bonchev–Trinajstić information content (AvgIpc) is 2.41. The number of nitrogens with zero attached hydrogens (tertiary/aromatic N) is 2. The molecule has 2 nitrogen and oxygen atoms in total. The fourth-order valence-corrected chi connectivity index (χ4v) is 3.11. The molecule has 0 aliphatic heterocycles. The van der Waals surface area contributed by atoms with Gasteiger partial charge in [0.05, 0.1) is 11.1 Å². The van der Waals surface area contributed by atoms with Gasteiger partial charge in [0.2, 0.25) is 0 Å². The lowest BCUT2D eigenvalue weighted by molar-refractivity contribution is 1.32. The Morgan fingerprint density at radius 3 is 2.17 bits per heavy atom. The zero-order valence-electron chi connectivity index (χ0n) is 9.22. The molecule has 0 heterocycles. The van der Waals surface area contributed by atoms with Crippen LogP contribution in [0.3, 0.4) is 0 Å². The van der Waals surface area contributed by atoms with E-state index in [1.165, 1.54) is 0 Å². The van der Waals surface area contributed by atoms with Gasteiger partial charge >= 0.3 is 0 Å². The summed E-state index contributed by atoms with van der Waals surface area (Å²) in [6, 6.07) is 17.6. The van der Waals surface area contributed by atoms with Crippen LogP contribution in [-0.2, 0) is 0 Å². The van der Waals surface area contributed by atoms with Gasteiger partial charge in [-0.05, 0) is 46.9 Å². The van der Waals surface area contributed by atoms with E-state index in [9.17, 15) is 0 Å². The molecule has 0 saturated heterocycles. The van der Waals surface area contributed by atoms with Crippen molar-refractivity contribution in [3.63, 3.8) is 0 Å². The first-order valence-corrected chi connectivity index (χ1v) is 7.01. The van der Waals surface area contributed by atoms with Crippen LogP contribution in [0.5, 0.6) is 0 Å². The van der Waals surface area contributed by atoms with Crippen molar-refractivity contribution < 1.29 is 0 Å². The minimum absolute atomic E-state index is 0.427. The van der Waals surface area contributed by atoms with Gasteiger partial charge in [-0.15, -0.1) is 0 Å². The SMILES string of the molecule is N#Cc1cc(I)c(Sc2ccccc2)cc1C#N. The standard InChI is InChI=1S/C14H7IN2S/c15-13-6-10(8-16)11(9-17)7-14(13)18-12-4-2-1-3-5-12/h1-7H. The van der Waals surface area contributed by atoms with Crippen LogP contribution in [0.4, 0.5) is 0 Å². The third kappa shape index (κ3) is 2.84. The Labute approximate surface area is 123 Å². The van der Waals surface area contributed by atoms with Gasteiger partial charge < -0.3 is 0 Å². The van der Waals surface area contributed by atoms with Crippen molar-refractivity contribution in [2.24, 2.45) is 0 Å². The summed E-state index contributed by atoms with van der Waals surface area (Å²) in [6.45, 7) is 0. The quantitative estimate of drug-likeness (QED) is 0.753. The molecule has 18 heavy (non-hydrogen) atoms. The van der Waals surface area contributed by atoms with Gasteiger partial charge in [-0.3, -0.25) is 0 Å². The lowest BCUT2D eigenvalue weighted by atomic mass is 10.1. The molecule has 86 valence electrons. The van der Waals surface area contributed by atoms with Crippen molar-refractivity contribution in [1.82, 2.24) is 0 Å². The molecule has 0 aliphatic rings.